The molecule has 0 radical (unpaired) electrons. The number of aromatic nitrogens is 1. The first kappa shape index (κ1) is 21.6. The van der Waals surface area contributed by atoms with E-state index in [9.17, 15) is 22.8 Å². The fourth-order valence-electron chi connectivity index (χ4n) is 2.71. The second kappa shape index (κ2) is 9.17. The number of benzene rings is 2. The molecule has 3 rings (SSSR count). The molecule has 0 N–H and O–H groups in total. The van der Waals surface area contributed by atoms with Gasteiger partial charge >= 0.3 is 12.1 Å². The lowest BCUT2D eigenvalue weighted by atomic mass is 10.1. The molecular formula is C21H16F3NO4S. The van der Waals surface area contributed by atoms with Gasteiger partial charge in [0.1, 0.15) is 5.69 Å². The zero-order valence-corrected chi connectivity index (χ0v) is 16.5. The van der Waals surface area contributed by atoms with E-state index in [0.717, 1.165) is 22.6 Å². The third-order valence-electron chi connectivity index (χ3n) is 4.25. The fraction of sp³-hybridized carbons (Fsp3) is 0.190. The van der Waals surface area contributed by atoms with Crippen LogP contribution in [0.15, 0.2) is 57.9 Å². The van der Waals surface area contributed by atoms with E-state index in [-0.39, 0.29) is 23.7 Å². The third kappa shape index (κ3) is 5.10. The van der Waals surface area contributed by atoms with E-state index in [4.69, 9.17) is 4.52 Å². The average Bonchev–Trinajstić information content (AvgIpc) is 3.15. The molecule has 1 aromatic heterocycles. The van der Waals surface area contributed by atoms with Gasteiger partial charge in [0, 0.05) is 16.2 Å². The minimum Gasteiger partial charge on any atom is -0.469 e. The minimum atomic E-state index is -4.45. The number of halogens is 3. The lowest BCUT2D eigenvalue weighted by Gasteiger charge is -2.06. The van der Waals surface area contributed by atoms with Crippen molar-refractivity contribution < 1.29 is 32.0 Å². The lowest BCUT2D eigenvalue weighted by molar-refractivity contribution is -0.140. The minimum absolute atomic E-state index is 0.119. The van der Waals surface area contributed by atoms with Crippen LogP contribution in [0.5, 0.6) is 0 Å². The molecule has 3 aromatic rings. The van der Waals surface area contributed by atoms with Gasteiger partial charge in [0.05, 0.1) is 24.7 Å². The van der Waals surface area contributed by atoms with Crippen LogP contribution in [-0.2, 0) is 27.9 Å². The topological polar surface area (TPSA) is 69.4 Å². The van der Waals surface area contributed by atoms with Gasteiger partial charge in [-0.25, -0.2) is 0 Å². The van der Waals surface area contributed by atoms with Gasteiger partial charge in [0.25, 0.3) is 0 Å². The van der Waals surface area contributed by atoms with Crippen molar-refractivity contribution in [3.8, 4) is 11.3 Å². The number of esters is 1. The van der Waals surface area contributed by atoms with E-state index in [0.29, 0.717) is 23.3 Å². The highest BCUT2D eigenvalue weighted by Crippen LogP contribution is 2.33. The van der Waals surface area contributed by atoms with Crippen LogP contribution in [0.3, 0.4) is 0 Å². The second-order valence-corrected chi connectivity index (χ2v) is 7.30. The van der Waals surface area contributed by atoms with Crippen LogP contribution < -0.4 is 0 Å². The average molecular weight is 435 g/mol. The molecule has 1 heterocycles. The number of ether oxygens (including phenoxy) is 1. The van der Waals surface area contributed by atoms with E-state index in [1.54, 1.807) is 12.1 Å². The molecule has 0 saturated heterocycles. The largest absolute Gasteiger partial charge is 0.469 e. The Bertz CT molecular complexity index is 1050. The molecule has 0 aliphatic carbocycles. The van der Waals surface area contributed by atoms with Crippen LogP contribution in [0.25, 0.3) is 11.3 Å². The number of hydrogen-bond donors (Lipinski definition) is 0. The summed E-state index contributed by atoms with van der Waals surface area (Å²) in [5, 5.41) is 3.91. The Hall–Kier alpha value is -3.07. The number of aldehydes is 1. The summed E-state index contributed by atoms with van der Waals surface area (Å²) in [5.41, 5.74) is 0.888. The Balaban J connectivity index is 1.76. The first-order valence-electron chi connectivity index (χ1n) is 8.71. The quantitative estimate of drug-likeness (QED) is 0.289. The van der Waals surface area contributed by atoms with Crippen molar-refractivity contribution >= 4 is 24.0 Å². The maximum Gasteiger partial charge on any atom is 0.416 e. The van der Waals surface area contributed by atoms with Crippen molar-refractivity contribution in [2.24, 2.45) is 0 Å². The summed E-state index contributed by atoms with van der Waals surface area (Å²) in [4.78, 5) is 23.9. The highest BCUT2D eigenvalue weighted by Gasteiger charge is 2.30. The van der Waals surface area contributed by atoms with E-state index < -0.39 is 11.7 Å². The summed E-state index contributed by atoms with van der Waals surface area (Å²) in [5.74, 6) is 0.0757. The molecule has 0 aliphatic heterocycles. The van der Waals surface area contributed by atoms with E-state index in [2.05, 4.69) is 9.89 Å². The molecule has 2 aromatic carbocycles. The van der Waals surface area contributed by atoms with Gasteiger partial charge in [-0.1, -0.05) is 29.4 Å². The van der Waals surface area contributed by atoms with Crippen molar-refractivity contribution in [3.05, 3.63) is 70.9 Å². The van der Waals surface area contributed by atoms with Crippen LogP contribution in [0.4, 0.5) is 13.2 Å². The molecule has 30 heavy (non-hydrogen) atoms. The molecule has 0 atom stereocenters. The van der Waals surface area contributed by atoms with Crippen molar-refractivity contribution in [3.63, 3.8) is 0 Å². The summed E-state index contributed by atoms with van der Waals surface area (Å²) in [6, 6.07) is 11.6. The summed E-state index contributed by atoms with van der Waals surface area (Å²) >= 11 is 1.38. The van der Waals surface area contributed by atoms with Gasteiger partial charge in [0.2, 0.25) is 0 Å². The number of methoxy groups -OCH3 is 1. The highest BCUT2D eigenvalue weighted by molar-refractivity contribution is 7.98. The Labute approximate surface area is 174 Å². The van der Waals surface area contributed by atoms with E-state index in [1.807, 2.05) is 12.1 Å². The maximum absolute atomic E-state index is 12.7. The number of carbonyl (C=O) groups excluding carboxylic acids is 2. The fourth-order valence-corrected chi connectivity index (χ4v) is 3.63. The predicted molar refractivity (Wildman–Crippen MR) is 104 cm³/mol. The molecule has 0 fully saturated rings. The predicted octanol–water partition coefficient (Wildman–Crippen LogP) is 5.18. The molecular weight excluding hydrogens is 419 g/mol. The summed E-state index contributed by atoms with van der Waals surface area (Å²) in [6.07, 6.45) is -3.72. The van der Waals surface area contributed by atoms with E-state index >= 15 is 0 Å². The van der Waals surface area contributed by atoms with Crippen molar-refractivity contribution in [2.75, 3.05) is 7.11 Å². The molecule has 0 unspecified atom stereocenters. The monoisotopic (exact) mass is 435 g/mol. The number of hydrogen-bond acceptors (Lipinski definition) is 6. The standard InChI is InChI=1S/C21H16F3NO4S/c1-28-19(27)10-13-3-2-4-16(9-13)30-12-18-17(11-26)20(29-25-18)14-5-7-15(8-6-14)21(22,23)24/h2-9,11H,10,12H2,1H3. The molecule has 9 heteroatoms. The molecule has 0 aliphatic rings. The van der Waals surface area contributed by atoms with Crippen LogP contribution in [-0.4, -0.2) is 24.5 Å². The first-order valence-corrected chi connectivity index (χ1v) is 9.70. The van der Waals surface area contributed by atoms with Crippen LogP contribution in [0.1, 0.15) is 27.2 Å². The van der Waals surface area contributed by atoms with Crippen LogP contribution in [0, 0.1) is 0 Å². The zero-order valence-electron chi connectivity index (χ0n) is 15.7. The summed E-state index contributed by atoms with van der Waals surface area (Å²) < 4.78 is 48.1. The molecule has 156 valence electrons. The Morgan fingerprint density at radius 3 is 2.57 bits per heavy atom. The Morgan fingerprint density at radius 1 is 1.20 bits per heavy atom. The lowest BCUT2D eigenvalue weighted by Crippen LogP contribution is -2.04. The van der Waals surface area contributed by atoms with Gasteiger partial charge in [-0.05, 0) is 29.8 Å². The van der Waals surface area contributed by atoms with Crippen LogP contribution in [0.2, 0.25) is 0 Å². The van der Waals surface area contributed by atoms with Crippen LogP contribution >= 0.6 is 11.8 Å². The molecule has 0 saturated carbocycles. The number of alkyl halides is 3. The number of thioether (sulfide) groups is 1. The summed E-state index contributed by atoms with van der Waals surface area (Å²) in [6.45, 7) is 0. The van der Waals surface area contributed by atoms with Crippen molar-refractivity contribution in [2.45, 2.75) is 23.2 Å². The highest BCUT2D eigenvalue weighted by atomic mass is 32.2. The van der Waals surface area contributed by atoms with E-state index in [1.165, 1.54) is 31.0 Å². The first-order chi connectivity index (χ1) is 14.3. The number of carbonyl (C=O) groups is 2. The SMILES string of the molecule is COC(=O)Cc1cccc(SCc2noc(-c3ccc(C(F)(F)F)cc3)c2C=O)c1. The van der Waals surface area contributed by atoms with Gasteiger partial charge in [-0.2, -0.15) is 13.2 Å². The van der Waals surface area contributed by atoms with Crippen molar-refractivity contribution in [1.29, 1.82) is 0 Å². The number of rotatable bonds is 7. The van der Waals surface area contributed by atoms with Crippen molar-refractivity contribution in [1.82, 2.24) is 5.16 Å². The maximum atomic E-state index is 12.7. The summed E-state index contributed by atoms with van der Waals surface area (Å²) in [7, 11) is 1.32. The Kier molecular flexibility index (Phi) is 6.61. The molecule has 0 spiro atoms. The Morgan fingerprint density at radius 2 is 1.93 bits per heavy atom. The second-order valence-electron chi connectivity index (χ2n) is 6.25. The van der Waals surface area contributed by atoms with Gasteiger partial charge in [-0.3, -0.25) is 9.59 Å². The van der Waals surface area contributed by atoms with Gasteiger partial charge < -0.3 is 9.26 Å². The number of nitrogens with zero attached hydrogens (tertiary/aromatic N) is 1. The zero-order chi connectivity index (χ0) is 21.7. The third-order valence-corrected chi connectivity index (χ3v) is 5.25. The molecule has 0 bridgehead atoms. The molecule has 0 amide bonds. The smallest absolute Gasteiger partial charge is 0.416 e. The normalized spacial score (nSPS) is 11.3. The van der Waals surface area contributed by atoms with Gasteiger partial charge in [0.15, 0.2) is 12.0 Å². The van der Waals surface area contributed by atoms with Gasteiger partial charge in [-0.15, -0.1) is 11.8 Å². The molecule has 5 nitrogen and oxygen atoms in total.